The standard InChI is InChI=1S/C16H17F3N4O4S/c1-11-10-14(24)21-15(20-11)22-6-8-23(9-7-22)28(25,26)13-4-2-12(3-5-13)27-16(17,18)19/h2-5,10H,6-9H2,1H3,(H,20,21,24). The molecule has 0 spiro atoms. The molecule has 1 aliphatic rings. The average Bonchev–Trinajstić information content (AvgIpc) is 2.60. The van der Waals surface area contributed by atoms with Crippen LogP contribution in [0, 0.1) is 6.92 Å². The Morgan fingerprint density at radius 1 is 1.07 bits per heavy atom. The van der Waals surface area contributed by atoms with Crippen LogP contribution in [0.5, 0.6) is 11.6 Å². The van der Waals surface area contributed by atoms with Gasteiger partial charge in [0.15, 0.2) is 0 Å². The van der Waals surface area contributed by atoms with Gasteiger partial charge < -0.3 is 14.7 Å². The lowest BCUT2D eigenvalue weighted by atomic mass is 10.3. The van der Waals surface area contributed by atoms with Crippen molar-refractivity contribution in [2.24, 2.45) is 0 Å². The van der Waals surface area contributed by atoms with E-state index in [0.29, 0.717) is 24.7 Å². The first kappa shape index (κ1) is 20.1. The monoisotopic (exact) mass is 418 g/mol. The van der Waals surface area contributed by atoms with Crippen molar-refractivity contribution in [2.75, 3.05) is 31.1 Å². The normalized spacial score (nSPS) is 16.2. The van der Waals surface area contributed by atoms with E-state index in [1.165, 1.54) is 10.4 Å². The second kappa shape index (κ2) is 7.43. The Kier molecular flexibility index (Phi) is 5.35. The summed E-state index contributed by atoms with van der Waals surface area (Å²) in [7, 11) is -3.86. The van der Waals surface area contributed by atoms with E-state index >= 15 is 0 Å². The van der Waals surface area contributed by atoms with Crippen LogP contribution in [0.3, 0.4) is 0 Å². The van der Waals surface area contributed by atoms with Gasteiger partial charge in [0.1, 0.15) is 5.75 Å². The van der Waals surface area contributed by atoms with Gasteiger partial charge in [0.2, 0.25) is 21.9 Å². The molecule has 0 bridgehead atoms. The van der Waals surface area contributed by atoms with Gasteiger partial charge in [0.25, 0.3) is 0 Å². The van der Waals surface area contributed by atoms with E-state index < -0.39 is 22.1 Å². The number of rotatable bonds is 4. The molecule has 8 nitrogen and oxygen atoms in total. The SMILES string of the molecule is Cc1cc(O)nc(N2CCN(S(=O)(=O)c3ccc(OC(F)(F)F)cc3)CC2)n1. The number of sulfonamides is 1. The molecule has 1 aromatic carbocycles. The van der Waals surface area contributed by atoms with Gasteiger partial charge in [-0.05, 0) is 31.2 Å². The lowest BCUT2D eigenvalue weighted by molar-refractivity contribution is -0.274. The third-order valence-corrected chi connectivity index (χ3v) is 5.96. The minimum atomic E-state index is -4.84. The number of ether oxygens (including phenoxy) is 1. The predicted molar refractivity (Wildman–Crippen MR) is 92.5 cm³/mol. The third-order valence-electron chi connectivity index (χ3n) is 4.05. The molecule has 2 aromatic rings. The number of benzene rings is 1. The zero-order chi connectivity index (χ0) is 20.5. The highest BCUT2D eigenvalue weighted by Crippen LogP contribution is 2.26. The molecule has 0 saturated carbocycles. The van der Waals surface area contributed by atoms with E-state index in [1.54, 1.807) is 11.8 Å². The summed E-state index contributed by atoms with van der Waals surface area (Å²) >= 11 is 0. The van der Waals surface area contributed by atoms with Crippen molar-refractivity contribution in [2.45, 2.75) is 18.2 Å². The summed E-state index contributed by atoms with van der Waals surface area (Å²) in [6, 6.07) is 5.48. The second-order valence-corrected chi connectivity index (χ2v) is 8.02. The van der Waals surface area contributed by atoms with Gasteiger partial charge in [-0.2, -0.15) is 9.29 Å². The summed E-state index contributed by atoms with van der Waals surface area (Å²) in [4.78, 5) is 9.79. The lowest BCUT2D eigenvalue weighted by Crippen LogP contribution is -2.49. The quantitative estimate of drug-likeness (QED) is 0.810. The van der Waals surface area contributed by atoms with Crippen molar-refractivity contribution >= 4 is 16.0 Å². The van der Waals surface area contributed by atoms with Gasteiger partial charge in [-0.3, -0.25) is 0 Å². The Balaban J connectivity index is 1.69. The molecule has 0 amide bonds. The molecule has 0 unspecified atom stereocenters. The molecule has 152 valence electrons. The van der Waals surface area contributed by atoms with Crippen LogP contribution in [0.25, 0.3) is 0 Å². The topological polar surface area (TPSA) is 95.9 Å². The van der Waals surface area contributed by atoms with Crippen LogP contribution in [0.2, 0.25) is 0 Å². The first-order valence-corrected chi connectivity index (χ1v) is 9.64. The van der Waals surface area contributed by atoms with Gasteiger partial charge in [-0.25, -0.2) is 13.4 Å². The predicted octanol–water partition coefficient (Wildman–Crippen LogP) is 1.90. The molecule has 0 aliphatic carbocycles. The fraction of sp³-hybridized carbons (Fsp3) is 0.375. The minimum Gasteiger partial charge on any atom is -0.493 e. The molecule has 1 saturated heterocycles. The summed E-state index contributed by atoms with van der Waals surface area (Å²) < 4.78 is 67.0. The molecule has 0 radical (unpaired) electrons. The van der Waals surface area contributed by atoms with E-state index in [9.17, 15) is 26.7 Å². The molecule has 1 aromatic heterocycles. The maximum atomic E-state index is 12.7. The highest BCUT2D eigenvalue weighted by Gasteiger charge is 2.32. The summed E-state index contributed by atoms with van der Waals surface area (Å²) in [5, 5.41) is 9.58. The molecule has 3 rings (SSSR count). The summed E-state index contributed by atoms with van der Waals surface area (Å²) in [5.41, 5.74) is 0.582. The second-order valence-electron chi connectivity index (χ2n) is 6.08. The maximum Gasteiger partial charge on any atom is 0.573 e. The van der Waals surface area contributed by atoms with Gasteiger partial charge >= 0.3 is 6.36 Å². The van der Waals surface area contributed by atoms with Crippen molar-refractivity contribution in [3.63, 3.8) is 0 Å². The first-order chi connectivity index (χ1) is 13.0. The number of anilines is 1. The molecule has 1 N–H and O–H groups in total. The minimum absolute atomic E-state index is 0.125. The highest BCUT2D eigenvalue weighted by atomic mass is 32.2. The van der Waals surface area contributed by atoms with Crippen molar-refractivity contribution in [3.8, 4) is 11.6 Å². The van der Waals surface area contributed by atoms with Gasteiger partial charge in [-0.1, -0.05) is 0 Å². The molecule has 28 heavy (non-hydrogen) atoms. The summed E-state index contributed by atoms with van der Waals surface area (Å²) in [6.45, 7) is 2.59. The number of nitrogens with zero attached hydrogens (tertiary/aromatic N) is 4. The number of halogens is 3. The zero-order valence-electron chi connectivity index (χ0n) is 14.7. The fourth-order valence-electron chi connectivity index (χ4n) is 2.77. The Morgan fingerprint density at radius 2 is 1.68 bits per heavy atom. The molecular formula is C16H17F3N4O4S. The average molecular weight is 418 g/mol. The summed E-state index contributed by atoms with van der Waals surface area (Å²) in [5.74, 6) is -0.352. The van der Waals surface area contributed by atoms with Crippen LogP contribution >= 0.6 is 0 Å². The third kappa shape index (κ3) is 4.62. The molecule has 1 aliphatic heterocycles. The Morgan fingerprint density at radius 3 is 2.21 bits per heavy atom. The molecule has 0 atom stereocenters. The van der Waals surface area contributed by atoms with Crippen molar-refractivity contribution in [3.05, 3.63) is 36.0 Å². The van der Waals surface area contributed by atoms with E-state index in [2.05, 4.69) is 14.7 Å². The summed E-state index contributed by atoms with van der Waals surface area (Å²) in [6.07, 6.45) is -4.84. The zero-order valence-corrected chi connectivity index (χ0v) is 15.5. The molecule has 1 fully saturated rings. The number of hydrogen-bond acceptors (Lipinski definition) is 7. The van der Waals surface area contributed by atoms with Gasteiger partial charge in [0.05, 0.1) is 4.90 Å². The number of aromatic hydroxyl groups is 1. The largest absolute Gasteiger partial charge is 0.573 e. The van der Waals surface area contributed by atoms with E-state index in [-0.39, 0.29) is 23.9 Å². The van der Waals surface area contributed by atoms with Gasteiger partial charge in [-0.15, -0.1) is 13.2 Å². The smallest absolute Gasteiger partial charge is 0.493 e. The van der Waals surface area contributed by atoms with E-state index in [1.807, 2.05) is 0 Å². The Labute approximate surface area is 159 Å². The number of alkyl halides is 3. The number of hydrogen-bond donors (Lipinski definition) is 1. The first-order valence-electron chi connectivity index (χ1n) is 8.20. The number of aromatic nitrogens is 2. The number of aryl methyl sites for hydroxylation is 1. The van der Waals surface area contributed by atoms with Crippen LogP contribution in [0.1, 0.15) is 5.69 Å². The van der Waals surface area contributed by atoms with Crippen molar-refractivity contribution in [1.82, 2.24) is 14.3 Å². The maximum absolute atomic E-state index is 12.7. The number of piperazine rings is 1. The van der Waals surface area contributed by atoms with Crippen LogP contribution < -0.4 is 9.64 Å². The van der Waals surface area contributed by atoms with Crippen LogP contribution in [0.4, 0.5) is 19.1 Å². The van der Waals surface area contributed by atoms with Crippen LogP contribution in [-0.2, 0) is 10.0 Å². The lowest BCUT2D eigenvalue weighted by Gasteiger charge is -2.34. The Bertz CT molecular complexity index is 923. The van der Waals surface area contributed by atoms with Crippen molar-refractivity contribution < 1.29 is 31.4 Å². The van der Waals surface area contributed by atoms with Crippen LogP contribution in [0.15, 0.2) is 35.2 Å². The molecule has 2 heterocycles. The van der Waals surface area contributed by atoms with E-state index in [4.69, 9.17) is 0 Å². The van der Waals surface area contributed by atoms with Gasteiger partial charge in [0, 0.05) is 37.9 Å². The highest BCUT2D eigenvalue weighted by molar-refractivity contribution is 7.89. The fourth-order valence-corrected chi connectivity index (χ4v) is 4.19. The van der Waals surface area contributed by atoms with E-state index in [0.717, 1.165) is 24.3 Å². The molecular weight excluding hydrogens is 401 g/mol. The van der Waals surface area contributed by atoms with Crippen LogP contribution in [-0.4, -0.2) is 60.3 Å². The molecule has 12 heteroatoms. The van der Waals surface area contributed by atoms with Crippen molar-refractivity contribution in [1.29, 1.82) is 0 Å². The Hall–Kier alpha value is -2.60.